The molecule has 0 amide bonds. The molecule has 10 rings (SSSR count). The van der Waals surface area contributed by atoms with Crippen LogP contribution in [0.5, 0.6) is 0 Å². The van der Waals surface area contributed by atoms with Crippen LogP contribution in [-0.2, 0) is 0 Å². The standard InChI is InChI=1S/C68H44Si/c1-5-13-53(14-6-1)21-25-57-29-37-61(38-30-57)63-41-49-67(50-42-63)69(65-45-33-59(34-46-65)27-23-55-17-9-3-10-18-55,66-47-35-60(36-48-66)28-24-56-19-11-4-12-20-56)68-51-43-64(44-52-68)62-39-31-58(32-40-62)26-22-54-15-7-2-8-16-54/h1-20,29-52H. The van der Waals surface area contributed by atoms with E-state index in [-0.39, 0.29) is 0 Å². The molecular formula is C68H44Si. The van der Waals surface area contributed by atoms with Gasteiger partial charge in [-0.3, -0.25) is 0 Å². The van der Waals surface area contributed by atoms with Crippen LogP contribution < -0.4 is 20.7 Å². The van der Waals surface area contributed by atoms with Gasteiger partial charge in [-0.15, -0.1) is 0 Å². The second kappa shape index (κ2) is 20.9. The molecule has 0 aromatic heterocycles. The Morgan fingerprint density at radius 1 is 0.159 bits per heavy atom. The fraction of sp³-hybridized carbons (Fsp3) is 0. The Balaban J connectivity index is 1.07. The third-order valence-corrected chi connectivity index (χ3v) is 17.0. The Hall–Kier alpha value is -9.34. The summed E-state index contributed by atoms with van der Waals surface area (Å²) in [6.45, 7) is 0. The van der Waals surface area contributed by atoms with Gasteiger partial charge in [-0.25, -0.2) is 0 Å². The quantitative estimate of drug-likeness (QED) is 0.0886. The van der Waals surface area contributed by atoms with Crippen molar-refractivity contribution in [1.29, 1.82) is 0 Å². The van der Waals surface area contributed by atoms with E-state index in [1.54, 1.807) is 0 Å². The van der Waals surface area contributed by atoms with Gasteiger partial charge in [-0.1, -0.05) is 217 Å². The molecule has 69 heavy (non-hydrogen) atoms. The predicted octanol–water partition coefficient (Wildman–Crippen LogP) is 12.0. The van der Waals surface area contributed by atoms with E-state index in [0.717, 1.165) is 66.8 Å². The summed E-state index contributed by atoms with van der Waals surface area (Å²) in [5.41, 5.74) is 12.5. The summed E-state index contributed by atoms with van der Waals surface area (Å²) in [7, 11) is -3.00. The molecule has 320 valence electrons. The van der Waals surface area contributed by atoms with Crippen LogP contribution in [-0.4, -0.2) is 8.07 Å². The van der Waals surface area contributed by atoms with Crippen LogP contribution in [0.2, 0.25) is 0 Å². The van der Waals surface area contributed by atoms with Crippen molar-refractivity contribution in [2.75, 3.05) is 0 Å². The Bertz CT molecular complexity index is 3320. The molecule has 0 aliphatic carbocycles. The van der Waals surface area contributed by atoms with Crippen molar-refractivity contribution in [1.82, 2.24) is 0 Å². The lowest BCUT2D eigenvalue weighted by Gasteiger charge is -2.35. The molecule has 0 radical (unpaired) electrons. The summed E-state index contributed by atoms with van der Waals surface area (Å²) in [6.07, 6.45) is 0. The Morgan fingerprint density at radius 2 is 0.319 bits per heavy atom. The highest BCUT2D eigenvalue weighted by Crippen LogP contribution is 2.23. The highest BCUT2D eigenvalue weighted by molar-refractivity contribution is 7.19. The summed E-state index contributed by atoms with van der Waals surface area (Å²) in [6, 6.07) is 94.0. The largest absolute Gasteiger partial charge is 0.179 e. The summed E-state index contributed by atoms with van der Waals surface area (Å²) in [4.78, 5) is 0. The van der Waals surface area contributed by atoms with Crippen molar-refractivity contribution in [2.24, 2.45) is 0 Å². The van der Waals surface area contributed by atoms with Crippen molar-refractivity contribution in [2.45, 2.75) is 0 Å². The van der Waals surface area contributed by atoms with Crippen LogP contribution in [0, 0.1) is 47.4 Å². The van der Waals surface area contributed by atoms with Crippen molar-refractivity contribution >= 4 is 28.8 Å². The minimum atomic E-state index is -3.00. The molecule has 10 aromatic rings. The van der Waals surface area contributed by atoms with Crippen molar-refractivity contribution in [3.8, 4) is 69.6 Å². The molecule has 0 saturated carbocycles. The molecule has 10 aromatic carbocycles. The Kier molecular flexibility index (Phi) is 13.2. The van der Waals surface area contributed by atoms with Crippen LogP contribution in [0.15, 0.2) is 267 Å². The normalized spacial score (nSPS) is 10.4. The third kappa shape index (κ3) is 10.4. The number of rotatable bonds is 6. The maximum Gasteiger partial charge on any atom is 0.179 e. The molecule has 0 saturated heterocycles. The zero-order valence-corrected chi connectivity index (χ0v) is 38.9. The lowest BCUT2D eigenvalue weighted by atomic mass is 10.0. The molecule has 0 bridgehead atoms. The summed E-state index contributed by atoms with van der Waals surface area (Å²) in [5.74, 6) is 26.8. The first-order valence-electron chi connectivity index (χ1n) is 23.1. The van der Waals surface area contributed by atoms with Gasteiger partial charge < -0.3 is 0 Å². The zero-order valence-electron chi connectivity index (χ0n) is 37.9. The molecular weight excluding hydrogens is 845 g/mol. The van der Waals surface area contributed by atoms with Gasteiger partial charge in [0.25, 0.3) is 0 Å². The van der Waals surface area contributed by atoms with E-state index < -0.39 is 8.07 Å². The van der Waals surface area contributed by atoms with E-state index in [0.29, 0.717) is 0 Å². The van der Waals surface area contributed by atoms with Gasteiger partial charge in [-0.05, 0) is 140 Å². The highest BCUT2D eigenvalue weighted by Gasteiger charge is 2.41. The molecule has 0 nitrogen and oxygen atoms in total. The summed E-state index contributed by atoms with van der Waals surface area (Å²) < 4.78 is 0. The number of benzene rings is 10. The molecule has 0 atom stereocenters. The van der Waals surface area contributed by atoms with Crippen LogP contribution in [0.1, 0.15) is 44.5 Å². The van der Waals surface area contributed by atoms with E-state index >= 15 is 0 Å². The second-order valence-electron chi connectivity index (χ2n) is 16.7. The maximum atomic E-state index is 3.42. The lowest BCUT2D eigenvalue weighted by molar-refractivity contribution is 1.58. The highest BCUT2D eigenvalue weighted by atomic mass is 28.3. The van der Waals surface area contributed by atoms with Crippen LogP contribution in [0.25, 0.3) is 22.3 Å². The minimum Gasteiger partial charge on any atom is -0.0622 e. The van der Waals surface area contributed by atoms with E-state index in [1.807, 2.05) is 121 Å². The van der Waals surface area contributed by atoms with Gasteiger partial charge in [0.15, 0.2) is 8.07 Å². The average Bonchev–Trinajstić information content (AvgIpc) is 3.43. The molecule has 0 heterocycles. The second-order valence-corrected chi connectivity index (χ2v) is 20.5. The van der Waals surface area contributed by atoms with Crippen LogP contribution >= 0.6 is 0 Å². The van der Waals surface area contributed by atoms with Gasteiger partial charge in [0.2, 0.25) is 0 Å². The van der Waals surface area contributed by atoms with Crippen LogP contribution in [0.4, 0.5) is 0 Å². The molecule has 0 aliphatic rings. The number of hydrogen-bond donors (Lipinski definition) is 0. The van der Waals surface area contributed by atoms with Gasteiger partial charge in [-0.2, -0.15) is 0 Å². The first kappa shape index (κ1) is 43.5. The smallest absolute Gasteiger partial charge is 0.0622 e. The first-order valence-corrected chi connectivity index (χ1v) is 25.1. The predicted molar refractivity (Wildman–Crippen MR) is 291 cm³/mol. The Morgan fingerprint density at radius 3 is 0.536 bits per heavy atom. The first-order chi connectivity index (χ1) is 34.2. The van der Waals surface area contributed by atoms with E-state index in [2.05, 4.69) is 193 Å². The molecule has 0 N–H and O–H groups in total. The minimum absolute atomic E-state index is 0.969. The van der Waals surface area contributed by atoms with Crippen molar-refractivity contribution in [3.05, 3.63) is 311 Å². The van der Waals surface area contributed by atoms with E-state index in [4.69, 9.17) is 0 Å². The molecule has 0 spiro atoms. The Labute approximate surface area is 407 Å². The van der Waals surface area contributed by atoms with Crippen molar-refractivity contribution in [3.63, 3.8) is 0 Å². The topological polar surface area (TPSA) is 0 Å². The van der Waals surface area contributed by atoms with Gasteiger partial charge in [0.05, 0.1) is 0 Å². The zero-order chi connectivity index (χ0) is 46.5. The SMILES string of the molecule is C(#Cc1ccc(-c2ccc([Si](c3ccc(C#Cc4ccccc4)cc3)(c3ccc(C#Cc4ccccc4)cc3)c3ccc(-c4ccc(C#Cc5ccccc5)cc4)cc3)cc2)cc1)c1ccccc1. The summed E-state index contributed by atoms with van der Waals surface area (Å²) in [5, 5.41) is 5.08. The number of hydrogen-bond acceptors (Lipinski definition) is 0. The third-order valence-electron chi connectivity index (χ3n) is 12.2. The van der Waals surface area contributed by atoms with E-state index in [9.17, 15) is 0 Å². The van der Waals surface area contributed by atoms with E-state index in [1.165, 1.54) is 20.7 Å². The average molecular weight is 889 g/mol. The van der Waals surface area contributed by atoms with Gasteiger partial charge in [0.1, 0.15) is 0 Å². The molecule has 0 unspecified atom stereocenters. The van der Waals surface area contributed by atoms with Crippen LogP contribution in [0.3, 0.4) is 0 Å². The van der Waals surface area contributed by atoms with Crippen molar-refractivity contribution < 1.29 is 0 Å². The fourth-order valence-corrected chi connectivity index (χ4v) is 13.3. The van der Waals surface area contributed by atoms with Gasteiger partial charge in [0, 0.05) is 44.5 Å². The summed E-state index contributed by atoms with van der Waals surface area (Å²) >= 11 is 0. The van der Waals surface area contributed by atoms with Gasteiger partial charge >= 0.3 is 0 Å². The molecule has 0 aliphatic heterocycles. The maximum absolute atomic E-state index is 3.42. The molecule has 1 heteroatoms. The monoisotopic (exact) mass is 888 g/mol. The lowest BCUT2D eigenvalue weighted by Crippen LogP contribution is -2.74. The molecule has 0 fully saturated rings. The fourth-order valence-electron chi connectivity index (χ4n) is 8.59.